The van der Waals surface area contributed by atoms with Crippen molar-refractivity contribution in [1.29, 1.82) is 0 Å². The molecule has 1 N–H and O–H groups in total. The minimum absolute atomic E-state index is 0.385. The molecule has 1 aliphatic heterocycles. The first-order chi connectivity index (χ1) is 9.19. The third-order valence-corrected chi connectivity index (χ3v) is 4.25. The van der Waals surface area contributed by atoms with E-state index in [2.05, 4.69) is 4.98 Å². The molecule has 0 spiro atoms. The van der Waals surface area contributed by atoms with Crippen LogP contribution in [0, 0.1) is 6.92 Å². The zero-order valence-electron chi connectivity index (χ0n) is 12.4. The Morgan fingerprint density at radius 3 is 2.30 bits per heavy atom. The Morgan fingerprint density at radius 1 is 1.10 bits per heavy atom. The lowest BCUT2D eigenvalue weighted by Gasteiger charge is -2.32. The van der Waals surface area contributed by atoms with Crippen LogP contribution in [0.3, 0.4) is 0 Å². The van der Waals surface area contributed by atoms with Gasteiger partial charge in [0.2, 0.25) is 0 Å². The Morgan fingerprint density at radius 2 is 1.70 bits per heavy atom. The van der Waals surface area contributed by atoms with Crippen LogP contribution in [0.5, 0.6) is 0 Å². The summed E-state index contributed by atoms with van der Waals surface area (Å²) in [5, 5.41) is 0. The molecular formula is C14H18BNO4. The van der Waals surface area contributed by atoms with Gasteiger partial charge in [-0.25, -0.2) is 4.79 Å². The van der Waals surface area contributed by atoms with Crippen LogP contribution in [0.4, 0.5) is 0 Å². The highest BCUT2D eigenvalue weighted by Gasteiger charge is 2.51. The van der Waals surface area contributed by atoms with Crippen LogP contribution >= 0.6 is 0 Å². The van der Waals surface area contributed by atoms with E-state index in [9.17, 15) is 4.79 Å². The molecule has 3 rings (SSSR count). The van der Waals surface area contributed by atoms with Crippen LogP contribution in [0.2, 0.25) is 0 Å². The molecule has 106 valence electrons. The molecule has 0 amide bonds. The highest BCUT2D eigenvalue weighted by molar-refractivity contribution is 6.62. The number of nitrogens with one attached hydrogen (secondary N) is 1. The van der Waals surface area contributed by atoms with Crippen LogP contribution in [0.1, 0.15) is 33.3 Å². The molecule has 1 aromatic carbocycles. The van der Waals surface area contributed by atoms with Gasteiger partial charge in [-0.05, 0) is 51.7 Å². The van der Waals surface area contributed by atoms with Crippen molar-refractivity contribution in [2.75, 3.05) is 0 Å². The summed E-state index contributed by atoms with van der Waals surface area (Å²) < 4.78 is 17.1. The van der Waals surface area contributed by atoms with E-state index in [1.807, 2.05) is 46.8 Å². The van der Waals surface area contributed by atoms with Crippen molar-refractivity contribution in [2.45, 2.75) is 45.8 Å². The number of rotatable bonds is 1. The predicted octanol–water partition coefficient (Wildman–Crippen LogP) is 1.73. The Hall–Kier alpha value is -1.53. The second kappa shape index (κ2) is 3.99. The van der Waals surface area contributed by atoms with E-state index >= 15 is 0 Å². The average molecular weight is 275 g/mol. The third-order valence-electron chi connectivity index (χ3n) is 4.25. The second-order valence-electron chi connectivity index (χ2n) is 6.32. The smallest absolute Gasteiger partial charge is 0.408 e. The van der Waals surface area contributed by atoms with Gasteiger partial charge in [-0.2, -0.15) is 0 Å². The van der Waals surface area contributed by atoms with Gasteiger partial charge in [0.25, 0.3) is 0 Å². The van der Waals surface area contributed by atoms with E-state index in [4.69, 9.17) is 13.7 Å². The van der Waals surface area contributed by atoms with Crippen molar-refractivity contribution in [3.8, 4) is 0 Å². The van der Waals surface area contributed by atoms with Gasteiger partial charge in [0.15, 0.2) is 5.58 Å². The van der Waals surface area contributed by atoms with E-state index in [-0.39, 0.29) is 11.2 Å². The van der Waals surface area contributed by atoms with Crippen molar-refractivity contribution in [3.05, 3.63) is 28.2 Å². The maximum atomic E-state index is 11.3. The second-order valence-corrected chi connectivity index (χ2v) is 6.32. The van der Waals surface area contributed by atoms with E-state index in [1.165, 1.54) is 0 Å². The number of aromatic amines is 1. The van der Waals surface area contributed by atoms with Crippen LogP contribution < -0.4 is 11.2 Å². The number of oxazole rings is 1. The normalized spacial score (nSPS) is 20.8. The maximum Gasteiger partial charge on any atom is 0.494 e. The summed E-state index contributed by atoms with van der Waals surface area (Å²) in [4.78, 5) is 14.0. The third kappa shape index (κ3) is 1.91. The fourth-order valence-corrected chi connectivity index (χ4v) is 2.37. The molecule has 0 atom stereocenters. The van der Waals surface area contributed by atoms with Gasteiger partial charge in [-0.15, -0.1) is 0 Å². The first-order valence-electron chi connectivity index (χ1n) is 6.69. The summed E-state index contributed by atoms with van der Waals surface area (Å²) in [5.74, 6) is -0.450. The van der Waals surface area contributed by atoms with Crippen LogP contribution in [0.15, 0.2) is 21.3 Å². The SMILES string of the molecule is Cc1cc(B2OC(C)(C)C(C)(C)O2)cc2[nH]c(=O)oc12. The highest BCUT2D eigenvalue weighted by Crippen LogP contribution is 2.36. The Kier molecular flexibility index (Phi) is 2.69. The lowest BCUT2D eigenvalue weighted by molar-refractivity contribution is 0.00578. The molecule has 1 aliphatic rings. The molecular weight excluding hydrogens is 257 g/mol. The Bertz CT molecular complexity index is 712. The fraction of sp³-hybridized carbons (Fsp3) is 0.500. The summed E-state index contributed by atoms with van der Waals surface area (Å²) >= 11 is 0. The van der Waals surface area contributed by atoms with Crippen molar-refractivity contribution >= 4 is 23.7 Å². The average Bonchev–Trinajstić information content (AvgIpc) is 2.77. The molecule has 5 nitrogen and oxygen atoms in total. The highest BCUT2D eigenvalue weighted by atomic mass is 16.7. The summed E-state index contributed by atoms with van der Waals surface area (Å²) in [6.07, 6.45) is 0. The molecule has 1 aromatic heterocycles. The molecule has 2 heterocycles. The number of aromatic nitrogens is 1. The lowest BCUT2D eigenvalue weighted by atomic mass is 9.78. The van der Waals surface area contributed by atoms with Crippen molar-refractivity contribution in [2.24, 2.45) is 0 Å². The molecule has 0 saturated carbocycles. The molecule has 6 heteroatoms. The number of H-pyrrole nitrogens is 1. The van der Waals surface area contributed by atoms with Gasteiger partial charge in [-0.1, -0.05) is 6.07 Å². The van der Waals surface area contributed by atoms with Crippen LogP contribution in [-0.2, 0) is 9.31 Å². The van der Waals surface area contributed by atoms with Gasteiger partial charge in [0, 0.05) is 0 Å². The topological polar surface area (TPSA) is 64.5 Å². The van der Waals surface area contributed by atoms with E-state index in [1.54, 1.807) is 0 Å². The fourth-order valence-electron chi connectivity index (χ4n) is 2.37. The number of benzene rings is 1. The van der Waals surface area contributed by atoms with E-state index in [0.29, 0.717) is 11.1 Å². The Balaban J connectivity index is 2.06. The minimum Gasteiger partial charge on any atom is -0.408 e. The molecule has 20 heavy (non-hydrogen) atoms. The largest absolute Gasteiger partial charge is 0.494 e. The molecule has 0 unspecified atom stereocenters. The van der Waals surface area contributed by atoms with Crippen molar-refractivity contribution < 1.29 is 13.7 Å². The van der Waals surface area contributed by atoms with Gasteiger partial charge in [-0.3, -0.25) is 4.98 Å². The number of hydrogen-bond donors (Lipinski definition) is 1. The zero-order chi connectivity index (χ0) is 14.7. The summed E-state index contributed by atoms with van der Waals surface area (Å²) in [6, 6.07) is 3.77. The van der Waals surface area contributed by atoms with Gasteiger partial charge in [0.1, 0.15) is 0 Å². The standard InChI is InChI=1S/C14H18BNO4/c1-8-6-9(7-10-11(8)18-12(17)16-10)15-19-13(2,3)14(4,5)20-15/h6-7H,1-5H3,(H,16,17). The first-order valence-corrected chi connectivity index (χ1v) is 6.69. The van der Waals surface area contributed by atoms with Crippen molar-refractivity contribution in [1.82, 2.24) is 4.98 Å². The monoisotopic (exact) mass is 275 g/mol. The molecule has 1 saturated heterocycles. The van der Waals surface area contributed by atoms with E-state index in [0.717, 1.165) is 11.0 Å². The number of hydrogen-bond acceptors (Lipinski definition) is 4. The lowest BCUT2D eigenvalue weighted by Crippen LogP contribution is -2.41. The maximum absolute atomic E-state index is 11.3. The Labute approximate surface area is 117 Å². The quantitative estimate of drug-likeness (QED) is 0.805. The number of fused-ring (bicyclic) bond motifs is 1. The van der Waals surface area contributed by atoms with Crippen LogP contribution in [-0.4, -0.2) is 23.3 Å². The molecule has 2 aromatic rings. The molecule has 0 radical (unpaired) electrons. The summed E-state index contributed by atoms with van der Waals surface area (Å²) in [7, 11) is -0.443. The van der Waals surface area contributed by atoms with Gasteiger partial charge < -0.3 is 13.7 Å². The van der Waals surface area contributed by atoms with Crippen molar-refractivity contribution in [3.63, 3.8) is 0 Å². The van der Waals surface area contributed by atoms with Gasteiger partial charge >= 0.3 is 12.9 Å². The van der Waals surface area contributed by atoms with Gasteiger partial charge in [0.05, 0.1) is 16.7 Å². The summed E-state index contributed by atoms with van der Waals surface area (Å²) in [5.41, 5.74) is 2.24. The molecule has 1 fully saturated rings. The van der Waals surface area contributed by atoms with E-state index < -0.39 is 12.9 Å². The molecule has 0 aliphatic carbocycles. The predicted molar refractivity (Wildman–Crippen MR) is 77.3 cm³/mol. The molecule has 0 bridgehead atoms. The van der Waals surface area contributed by atoms with Crippen LogP contribution in [0.25, 0.3) is 11.1 Å². The first kappa shape index (κ1) is 13.5. The minimum atomic E-state index is -0.450. The summed E-state index contributed by atoms with van der Waals surface area (Å²) in [6.45, 7) is 9.94. The zero-order valence-corrected chi connectivity index (χ0v) is 12.4. The number of aryl methyl sites for hydroxylation is 1.